The van der Waals surface area contributed by atoms with Crippen LogP contribution in [0.3, 0.4) is 0 Å². The quantitative estimate of drug-likeness (QED) is 0.189. The van der Waals surface area contributed by atoms with Crippen LogP contribution >= 0.6 is 0 Å². The number of carbonyl (C=O) groups excluding carboxylic acids is 1. The Kier molecular flexibility index (Phi) is 9.31. The van der Waals surface area contributed by atoms with Gasteiger partial charge in [0.1, 0.15) is 18.2 Å². The van der Waals surface area contributed by atoms with Gasteiger partial charge in [0.25, 0.3) is 0 Å². The molecule has 0 unspecified atom stereocenters. The van der Waals surface area contributed by atoms with Gasteiger partial charge in [-0.05, 0) is 48.0 Å². The summed E-state index contributed by atoms with van der Waals surface area (Å²) >= 11 is 0. The summed E-state index contributed by atoms with van der Waals surface area (Å²) in [7, 11) is 2.85. The van der Waals surface area contributed by atoms with E-state index < -0.39 is 17.9 Å². The second kappa shape index (κ2) is 13.7. The molecule has 0 aliphatic rings. The van der Waals surface area contributed by atoms with E-state index >= 15 is 0 Å². The molecule has 2 heterocycles. The lowest BCUT2D eigenvalue weighted by Crippen LogP contribution is -2.14. The first-order valence-electron chi connectivity index (χ1n) is 13.8. The Balaban J connectivity index is 1.45. The number of methoxy groups -OCH3 is 2. The van der Waals surface area contributed by atoms with E-state index in [0.29, 0.717) is 53.4 Å². The van der Waals surface area contributed by atoms with Crippen molar-refractivity contribution in [2.45, 2.75) is 19.6 Å². The number of pyridine rings is 1. The number of nitrogens with one attached hydrogen (secondary N) is 1. The predicted molar refractivity (Wildman–Crippen MR) is 163 cm³/mol. The molecule has 2 N–H and O–H groups in total. The molecule has 11 nitrogen and oxygen atoms in total. The Morgan fingerprint density at radius 3 is 2.58 bits per heavy atom. The number of fused-ring (bicyclic) bond motifs is 1. The molecule has 0 fully saturated rings. The number of rotatable bonds is 11. The number of benzene rings is 3. The molecule has 5 rings (SSSR count). The number of halogens is 1. The van der Waals surface area contributed by atoms with Gasteiger partial charge in [-0.15, -0.1) is 0 Å². The topological polar surface area (TPSA) is 149 Å². The maximum atomic E-state index is 14.3. The number of hydrogen-bond donors (Lipinski definition) is 2. The number of hydrogen-bond acceptors (Lipinski definition) is 8. The molecule has 228 valence electrons. The number of amides is 1. The highest BCUT2D eigenvalue weighted by atomic mass is 19.1. The number of aromatic nitrogens is 3. The van der Waals surface area contributed by atoms with Gasteiger partial charge in [0.2, 0.25) is 5.88 Å². The van der Waals surface area contributed by atoms with E-state index in [9.17, 15) is 19.1 Å². The lowest BCUT2D eigenvalue weighted by molar-refractivity contribution is 0.0697. The SMILES string of the molecule is COCCn1c(Cc2ccc(-c3cccc(OCc4ccc(C#N)cc4F)n3)cc2NC(=O)OC)nc2ccc(C(=O)O)cc21. The van der Waals surface area contributed by atoms with Gasteiger partial charge in [-0.25, -0.2) is 23.9 Å². The van der Waals surface area contributed by atoms with Crippen LogP contribution in [0.1, 0.15) is 32.9 Å². The number of anilines is 1. The van der Waals surface area contributed by atoms with Crippen LogP contribution in [-0.2, 0) is 29.0 Å². The lowest BCUT2D eigenvalue weighted by atomic mass is 10.0. The normalized spacial score (nSPS) is 10.8. The number of imidazole rings is 1. The molecule has 45 heavy (non-hydrogen) atoms. The average Bonchev–Trinajstić information content (AvgIpc) is 3.39. The van der Waals surface area contributed by atoms with Crippen LogP contribution in [0.4, 0.5) is 14.9 Å². The molecule has 0 aliphatic heterocycles. The van der Waals surface area contributed by atoms with E-state index in [-0.39, 0.29) is 29.2 Å². The molecule has 2 aromatic heterocycles. The molecule has 0 atom stereocenters. The van der Waals surface area contributed by atoms with Gasteiger partial charge in [-0.2, -0.15) is 5.26 Å². The molecular weight excluding hydrogens is 581 g/mol. The van der Waals surface area contributed by atoms with Gasteiger partial charge in [0.15, 0.2) is 0 Å². The van der Waals surface area contributed by atoms with Gasteiger partial charge < -0.3 is 23.9 Å². The van der Waals surface area contributed by atoms with Crippen LogP contribution in [0, 0.1) is 17.1 Å². The smallest absolute Gasteiger partial charge is 0.411 e. The Bertz CT molecular complexity index is 1930. The van der Waals surface area contributed by atoms with Crippen LogP contribution in [0.25, 0.3) is 22.3 Å². The van der Waals surface area contributed by atoms with Crippen molar-refractivity contribution in [3.63, 3.8) is 0 Å². The first kappa shape index (κ1) is 30.7. The summed E-state index contributed by atoms with van der Waals surface area (Å²) in [5.41, 5.74) is 4.33. The monoisotopic (exact) mass is 609 g/mol. The summed E-state index contributed by atoms with van der Waals surface area (Å²) in [6, 6.07) is 21.4. The molecule has 5 aromatic rings. The zero-order valence-corrected chi connectivity index (χ0v) is 24.4. The summed E-state index contributed by atoms with van der Waals surface area (Å²) in [5.74, 6) is -0.677. The fourth-order valence-corrected chi connectivity index (χ4v) is 4.75. The number of aromatic carboxylic acids is 1. The number of carboxylic acid groups (broad SMARTS) is 1. The van der Waals surface area contributed by atoms with E-state index in [1.807, 2.05) is 22.8 Å². The van der Waals surface area contributed by atoms with Crippen molar-refractivity contribution in [1.82, 2.24) is 14.5 Å². The largest absolute Gasteiger partial charge is 0.478 e. The Hall–Kier alpha value is -5.80. The van der Waals surface area contributed by atoms with Crippen molar-refractivity contribution in [3.05, 3.63) is 107 Å². The Labute approximate surface area is 257 Å². The third kappa shape index (κ3) is 7.06. The van der Waals surface area contributed by atoms with Gasteiger partial charge in [-0.3, -0.25) is 5.32 Å². The number of carboxylic acids is 1. The van der Waals surface area contributed by atoms with E-state index in [1.54, 1.807) is 43.5 Å². The molecule has 0 radical (unpaired) electrons. The molecule has 0 aliphatic carbocycles. The fourth-order valence-electron chi connectivity index (χ4n) is 4.75. The van der Waals surface area contributed by atoms with Gasteiger partial charge in [0, 0.05) is 43.0 Å². The van der Waals surface area contributed by atoms with Crippen LogP contribution in [0.5, 0.6) is 5.88 Å². The highest BCUT2D eigenvalue weighted by Crippen LogP contribution is 2.29. The first-order valence-corrected chi connectivity index (χ1v) is 13.8. The van der Waals surface area contributed by atoms with Crippen molar-refractivity contribution in [2.24, 2.45) is 0 Å². The molecule has 0 spiro atoms. The predicted octanol–water partition coefficient (Wildman–Crippen LogP) is 5.80. The number of nitriles is 1. The maximum Gasteiger partial charge on any atom is 0.411 e. The van der Waals surface area contributed by atoms with Crippen molar-refractivity contribution >= 4 is 28.8 Å². The van der Waals surface area contributed by atoms with E-state index in [2.05, 4.69) is 10.3 Å². The zero-order chi connectivity index (χ0) is 31.9. The Morgan fingerprint density at radius 1 is 1.02 bits per heavy atom. The first-order chi connectivity index (χ1) is 21.8. The highest BCUT2D eigenvalue weighted by Gasteiger charge is 2.17. The van der Waals surface area contributed by atoms with Crippen LogP contribution in [0.15, 0.2) is 72.8 Å². The van der Waals surface area contributed by atoms with E-state index in [1.165, 1.54) is 25.3 Å². The number of nitrogens with zero attached hydrogens (tertiary/aromatic N) is 4. The van der Waals surface area contributed by atoms with Crippen LogP contribution in [0.2, 0.25) is 0 Å². The highest BCUT2D eigenvalue weighted by molar-refractivity contribution is 5.92. The minimum atomic E-state index is -1.04. The zero-order valence-electron chi connectivity index (χ0n) is 24.4. The van der Waals surface area contributed by atoms with Crippen molar-refractivity contribution in [2.75, 3.05) is 26.1 Å². The van der Waals surface area contributed by atoms with E-state index in [4.69, 9.17) is 24.5 Å². The summed E-state index contributed by atoms with van der Waals surface area (Å²) in [6.45, 7) is 0.732. The third-order valence-electron chi connectivity index (χ3n) is 7.05. The molecule has 0 saturated heterocycles. The Morgan fingerprint density at radius 2 is 1.84 bits per heavy atom. The standard InChI is InChI=1S/C33H28FN5O6/c1-43-13-12-39-29-16-23(32(40)41)10-11-27(29)36-30(39)17-22-9-8-21(15-28(22)38-33(42)44-2)26-4-3-5-31(37-26)45-19-24-7-6-20(18-35)14-25(24)34/h3-11,14-16H,12-13,17,19H2,1-2H3,(H,38,42)(H,40,41). The van der Waals surface area contributed by atoms with Crippen molar-refractivity contribution in [3.8, 4) is 23.2 Å². The fraction of sp³-hybridized carbons (Fsp3) is 0.182. The minimum Gasteiger partial charge on any atom is -0.478 e. The molecule has 12 heteroatoms. The van der Waals surface area contributed by atoms with Gasteiger partial charge >= 0.3 is 12.1 Å². The van der Waals surface area contributed by atoms with Gasteiger partial charge in [0.05, 0.1) is 47.6 Å². The minimum absolute atomic E-state index is 0.0832. The molecule has 3 aromatic carbocycles. The van der Waals surface area contributed by atoms with Crippen LogP contribution in [-0.4, -0.2) is 52.5 Å². The summed E-state index contributed by atoms with van der Waals surface area (Å²) in [5, 5.41) is 21.2. The van der Waals surface area contributed by atoms with Crippen molar-refractivity contribution < 1.29 is 33.3 Å². The third-order valence-corrected chi connectivity index (χ3v) is 7.05. The summed E-state index contributed by atoms with van der Waals surface area (Å²) < 4.78 is 32.1. The molecule has 1 amide bonds. The molecule has 0 bridgehead atoms. The summed E-state index contributed by atoms with van der Waals surface area (Å²) in [4.78, 5) is 33.2. The van der Waals surface area contributed by atoms with Gasteiger partial charge in [-0.1, -0.05) is 24.3 Å². The van der Waals surface area contributed by atoms with E-state index in [0.717, 1.165) is 11.6 Å². The molecular formula is C33H28FN5O6. The number of carbonyl (C=O) groups is 2. The summed E-state index contributed by atoms with van der Waals surface area (Å²) in [6.07, 6.45) is -0.366. The van der Waals surface area contributed by atoms with Crippen molar-refractivity contribution in [1.29, 1.82) is 5.26 Å². The second-order valence-electron chi connectivity index (χ2n) is 9.91. The maximum absolute atomic E-state index is 14.3. The molecule has 0 saturated carbocycles. The lowest BCUT2D eigenvalue weighted by Gasteiger charge is -2.14. The average molecular weight is 610 g/mol. The number of ether oxygens (including phenoxy) is 3. The second-order valence-corrected chi connectivity index (χ2v) is 9.91. The van der Waals surface area contributed by atoms with Crippen LogP contribution < -0.4 is 10.1 Å².